The van der Waals surface area contributed by atoms with Gasteiger partial charge in [0.05, 0.1) is 7.11 Å². The summed E-state index contributed by atoms with van der Waals surface area (Å²) < 4.78 is 4.57. The second-order valence-electron chi connectivity index (χ2n) is 2.84. The molecule has 74 valence electrons. The number of carbonyl (C=O) groups is 2. The molecule has 0 radical (unpaired) electrons. The van der Waals surface area contributed by atoms with E-state index in [4.69, 9.17) is 0 Å². The topological polar surface area (TPSA) is 43.4 Å². The molecular formula is C9H8O3S2. The van der Waals surface area contributed by atoms with Crippen LogP contribution in [0.15, 0.2) is 11.4 Å². The molecule has 2 heterocycles. The Morgan fingerprint density at radius 1 is 1.64 bits per heavy atom. The summed E-state index contributed by atoms with van der Waals surface area (Å²) in [6.45, 7) is 0. The molecule has 2 rings (SSSR count). The molecule has 0 aromatic carbocycles. The lowest BCUT2D eigenvalue weighted by molar-refractivity contribution is -0.138. The third kappa shape index (κ3) is 1.46. The lowest BCUT2D eigenvalue weighted by atomic mass is 10.1. The molecule has 5 heteroatoms. The average molecular weight is 228 g/mol. The zero-order chi connectivity index (χ0) is 10.1. The van der Waals surface area contributed by atoms with Crippen LogP contribution >= 0.6 is 23.1 Å². The van der Waals surface area contributed by atoms with Crippen molar-refractivity contribution < 1.29 is 14.3 Å². The number of carbonyl (C=O) groups excluding carboxylic acids is 2. The highest BCUT2D eigenvalue weighted by Gasteiger charge is 2.34. The Bertz CT molecular complexity index is 383. The van der Waals surface area contributed by atoms with Crippen molar-refractivity contribution in [2.24, 2.45) is 0 Å². The number of esters is 1. The van der Waals surface area contributed by atoms with Gasteiger partial charge in [-0.3, -0.25) is 9.59 Å². The Hall–Kier alpha value is -0.810. The SMILES string of the molecule is COC(=O)C1SCc2sccc2C1=O. The van der Waals surface area contributed by atoms with E-state index in [1.165, 1.54) is 18.9 Å². The van der Waals surface area contributed by atoms with E-state index in [9.17, 15) is 9.59 Å². The fraction of sp³-hybridized carbons (Fsp3) is 0.333. The van der Waals surface area contributed by atoms with Gasteiger partial charge in [-0.2, -0.15) is 0 Å². The number of thioether (sulfide) groups is 1. The molecule has 1 aromatic rings. The van der Waals surface area contributed by atoms with Crippen molar-refractivity contribution in [2.75, 3.05) is 7.11 Å². The molecule has 0 saturated heterocycles. The Labute approximate surface area is 89.5 Å². The third-order valence-electron chi connectivity index (χ3n) is 2.05. The monoisotopic (exact) mass is 228 g/mol. The molecule has 0 amide bonds. The van der Waals surface area contributed by atoms with Gasteiger partial charge in [0, 0.05) is 16.2 Å². The van der Waals surface area contributed by atoms with Gasteiger partial charge in [-0.15, -0.1) is 23.1 Å². The largest absolute Gasteiger partial charge is 0.468 e. The van der Waals surface area contributed by atoms with Crippen LogP contribution in [0.5, 0.6) is 0 Å². The molecule has 1 aromatic heterocycles. The first kappa shape index (κ1) is 9.73. The fourth-order valence-corrected chi connectivity index (χ4v) is 3.45. The highest BCUT2D eigenvalue weighted by atomic mass is 32.2. The van der Waals surface area contributed by atoms with Gasteiger partial charge in [-0.1, -0.05) is 0 Å². The van der Waals surface area contributed by atoms with E-state index in [1.807, 2.05) is 5.38 Å². The van der Waals surface area contributed by atoms with Gasteiger partial charge in [0.2, 0.25) is 0 Å². The number of ether oxygens (including phenoxy) is 1. The molecular weight excluding hydrogens is 220 g/mol. The third-order valence-corrected chi connectivity index (χ3v) is 4.34. The van der Waals surface area contributed by atoms with Crippen LogP contribution in [0, 0.1) is 0 Å². The number of ketones is 1. The molecule has 3 nitrogen and oxygen atoms in total. The normalized spacial score (nSPS) is 20.4. The van der Waals surface area contributed by atoms with Crippen molar-refractivity contribution in [1.82, 2.24) is 0 Å². The first-order valence-electron chi connectivity index (χ1n) is 4.04. The van der Waals surface area contributed by atoms with Crippen LogP contribution in [-0.2, 0) is 15.3 Å². The Balaban J connectivity index is 2.30. The van der Waals surface area contributed by atoms with E-state index < -0.39 is 11.2 Å². The van der Waals surface area contributed by atoms with E-state index in [-0.39, 0.29) is 5.78 Å². The summed E-state index contributed by atoms with van der Waals surface area (Å²) >= 11 is 2.89. The van der Waals surface area contributed by atoms with E-state index in [1.54, 1.807) is 17.4 Å². The van der Waals surface area contributed by atoms with Gasteiger partial charge in [-0.25, -0.2) is 0 Å². The second-order valence-corrected chi connectivity index (χ2v) is 4.93. The lowest BCUT2D eigenvalue weighted by Gasteiger charge is -2.17. The smallest absolute Gasteiger partial charge is 0.326 e. The minimum atomic E-state index is -0.665. The number of rotatable bonds is 1. The Morgan fingerprint density at radius 2 is 2.43 bits per heavy atom. The molecule has 1 aliphatic rings. The van der Waals surface area contributed by atoms with E-state index in [0.717, 1.165) is 10.6 Å². The maximum atomic E-state index is 11.8. The average Bonchev–Trinajstić information content (AvgIpc) is 2.66. The molecule has 1 aliphatic heterocycles. The minimum absolute atomic E-state index is 0.121. The van der Waals surface area contributed by atoms with Gasteiger partial charge < -0.3 is 4.74 Å². The first-order chi connectivity index (χ1) is 6.74. The molecule has 1 unspecified atom stereocenters. The molecule has 0 aliphatic carbocycles. The second kappa shape index (κ2) is 3.74. The van der Waals surface area contributed by atoms with Crippen LogP contribution in [-0.4, -0.2) is 24.1 Å². The quantitative estimate of drug-likeness (QED) is 0.542. The first-order valence-corrected chi connectivity index (χ1v) is 5.97. The zero-order valence-corrected chi connectivity index (χ0v) is 9.11. The fourth-order valence-electron chi connectivity index (χ4n) is 1.33. The Kier molecular flexibility index (Phi) is 2.60. The van der Waals surface area contributed by atoms with Gasteiger partial charge >= 0.3 is 5.97 Å². The van der Waals surface area contributed by atoms with Gasteiger partial charge in [-0.05, 0) is 11.4 Å². The summed E-state index contributed by atoms with van der Waals surface area (Å²) in [6, 6.07) is 1.78. The van der Waals surface area contributed by atoms with Crippen molar-refractivity contribution in [3.63, 3.8) is 0 Å². The number of fused-ring (bicyclic) bond motifs is 1. The van der Waals surface area contributed by atoms with Crippen LogP contribution in [0.4, 0.5) is 0 Å². The summed E-state index contributed by atoms with van der Waals surface area (Å²) in [5.74, 6) is 0.152. The van der Waals surface area contributed by atoms with Crippen molar-refractivity contribution in [3.05, 3.63) is 21.9 Å². The maximum Gasteiger partial charge on any atom is 0.326 e. The number of thiophene rings is 1. The number of methoxy groups -OCH3 is 1. The van der Waals surface area contributed by atoms with Gasteiger partial charge in [0.1, 0.15) is 0 Å². The van der Waals surface area contributed by atoms with E-state index in [0.29, 0.717) is 5.56 Å². The van der Waals surface area contributed by atoms with E-state index in [2.05, 4.69) is 4.74 Å². The Morgan fingerprint density at radius 3 is 3.14 bits per heavy atom. The molecule has 1 atom stereocenters. The number of hydrogen-bond donors (Lipinski definition) is 0. The predicted molar refractivity (Wildman–Crippen MR) is 55.7 cm³/mol. The standard InChI is InChI=1S/C9H8O3S2/c1-12-9(11)8-7(10)5-2-3-13-6(5)4-14-8/h2-3,8H,4H2,1H3. The van der Waals surface area contributed by atoms with Crippen LogP contribution in [0.1, 0.15) is 15.2 Å². The highest BCUT2D eigenvalue weighted by Crippen LogP contribution is 2.33. The van der Waals surface area contributed by atoms with Gasteiger partial charge in [0.15, 0.2) is 11.0 Å². The van der Waals surface area contributed by atoms with Crippen LogP contribution in [0.2, 0.25) is 0 Å². The zero-order valence-electron chi connectivity index (χ0n) is 7.48. The summed E-state index contributed by atoms with van der Waals surface area (Å²) in [4.78, 5) is 24.1. The molecule has 0 N–H and O–H groups in total. The molecule has 0 spiro atoms. The number of Topliss-reactive ketones (excluding diaryl/α,β-unsaturated/α-hetero) is 1. The van der Waals surface area contributed by atoms with Crippen molar-refractivity contribution >= 4 is 34.9 Å². The maximum absolute atomic E-state index is 11.8. The highest BCUT2D eigenvalue weighted by molar-refractivity contribution is 8.00. The summed E-state index contributed by atoms with van der Waals surface area (Å²) in [5, 5.41) is 1.21. The minimum Gasteiger partial charge on any atom is -0.468 e. The van der Waals surface area contributed by atoms with Crippen molar-refractivity contribution in [3.8, 4) is 0 Å². The van der Waals surface area contributed by atoms with Crippen LogP contribution in [0.25, 0.3) is 0 Å². The van der Waals surface area contributed by atoms with Crippen LogP contribution < -0.4 is 0 Å². The number of hydrogen-bond acceptors (Lipinski definition) is 5. The molecule has 0 saturated carbocycles. The molecule has 0 fully saturated rings. The summed E-state index contributed by atoms with van der Waals surface area (Å²) in [6.07, 6.45) is 0. The van der Waals surface area contributed by atoms with Crippen molar-refractivity contribution in [2.45, 2.75) is 11.0 Å². The van der Waals surface area contributed by atoms with Gasteiger partial charge in [0.25, 0.3) is 0 Å². The molecule has 14 heavy (non-hydrogen) atoms. The van der Waals surface area contributed by atoms with Crippen molar-refractivity contribution in [1.29, 1.82) is 0 Å². The van der Waals surface area contributed by atoms with E-state index >= 15 is 0 Å². The summed E-state index contributed by atoms with van der Waals surface area (Å²) in [5.41, 5.74) is 0.684. The predicted octanol–water partition coefficient (Wildman–Crippen LogP) is 1.72. The van der Waals surface area contributed by atoms with Crippen LogP contribution in [0.3, 0.4) is 0 Å². The lowest BCUT2D eigenvalue weighted by Crippen LogP contribution is -2.31. The summed E-state index contributed by atoms with van der Waals surface area (Å²) in [7, 11) is 1.30. The molecule has 0 bridgehead atoms.